The second kappa shape index (κ2) is 8.13. The largest absolute Gasteiger partial charge is 0.478 e. The van der Waals surface area contributed by atoms with E-state index in [1.54, 1.807) is 30.3 Å². The number of primary amides is 1. The maximum Gasteiger partial charge on any atom is 0.335 e. The Balaban J connectivity index is 1.45. The van der Waals surface area contributed by atoms with E-state index in [9.17, 15) is 14.7 Å². The number of fused-ring (bicyclic) bond motifs is 1. The normalized spacial score (nSPS) is 13.8. The summed E-state index contributed by atoms with van der Waals surface area (Å²) in [5, 5.41) is 31.8. The van der Waals surface area contributed by atoms with E-state index in [4.69, 9.17) is 10.8 Å². The molecule has 0 radical (unpaired) electrons. The average molecular weight is 426 g/mol. The van der Waals surface area contributed by atoms with Crippen LogP contribution in [0.2, 0.25) is 0 Å². The summed E-state index contributed by atoms with van der Waals surface area (Å²) in [6.07, 6.45) is -0.0681. The van der Waals surface area contributed by atoms with Crippen molar-refractivity contribution in [3.05, 3.63) is 59.2 Å². The standard InChI is InChI=1S/C19H18N6O4S/c20-17(27)13-3-6-15-12(9-13)7-8-24(15)16(26)10-30-19-21-22-23-25(19)14-4-1-11(2-5-14)18(28)29/h1-6,9,16,26H,7-8,10H2,(H2,20,27)(H,28,29). The Morgan fingerprint density at radius 3 is 2.60 bits per heavy atom. The lowest BCUT2D eigenvalue weighted by molar-refractivity contribution is 0.0696. The second-order valence-electron chi connectivity index (χ2n) is 6.67. The van der Waals surface area contributed by atoms with Gasteiger partial charge in [-0.1, -0.05) is 11.8 Å². The third-order valence-corrected chi connectivity index (χ3v) is 5.79. The van der Waals surface area contributed by atoms with Gasteiger partial charge < -0.3 is 20.8 Å². The number of nitrogens with zero attached hydrogens (tertiary/aromatic N) is 5. The van der Waals surface area contributed by atoms with E-state index in [0.29, 0.717) is 35.1 Å². The van der Waals surface area contributed by atoms with Gasteiger partial charge in [-0.3, -0.25) is 4.79 Å². The van der Waals surface area contributed by atoms with Crippen LogP contribution in [0.3, 0.4) is 0 Å². The van der Waals surface area contributed by atoms with Crippen LogP contribution in [0.25, 0.3) is 5.69 Å². The minimum Gasteiger partial charge on any atom is -0.478 e. The van der Waals surface area contributed by atoms with Gasteiger partial charge in [0, 0.05) is 23.5 Å². The summed E-state index contributed by atoms with van der Waals surface area (Å²) in [6.45, 7) is 0.626. The number of aromatic carboxylic acids is 1. The SMILES string of the molecule is NC(=O)c1ccc2c(c1)CCN2C(O)CSc1nnnn1-c1ccc(C(=O)O)cc1. The quantitative estimate of drug-likeness (QED) is 0.469. The topological polar surface area (TPSA) is 147 Å². The molecule has 0 bridgehead atoms. The van der Waals surface area contributed by atoms with Crippen LogP contribution in [0.1, 0.15) is 26.3 Å². The van der Waals surface area contributed by atoms with Gasteiger partial charge in [0.2, 0.25) is 11.1 Å². The first-order chi connectivity index (χ1) is 14.4. The third kappa shape index (κ3) is 3.84. The number of anilines is 1. The number of aromatic nitrogens is 4. The zero-order chi connectivity index (χ0) is 21.3. The van der Waals surface area contributed by atoms with Gasteiger partial charge in [-0.25, -0.2) is 4.79 Å². The molecule has 4 rings (SSSR count). The zero-order valence-corrected chi connectivity index (χ0v) is 16.5. The molecule has 0 saturated heterocycles. The average Bonchev–Trinajstić information content (AvgIpc) is 3.38. The molecule has 0 fully saturated rings. The number of carbonyl (C=O) groups excluding carboxylic acids is 1. The molecule has 1 unspecified atom stereocenters. The summed E-state index contributed by atoms with van der Waals surface area (Å²) in [5.74, 6) is -1.18. The van der Waals surface area contributed by atoms with Crippen molar-refractivity contribution in [1.82, 2.24) is 20.2 Å². The molecule has 2 heterocycles. The summed E-state index contributed by atoms with van der Waals surface area (Å²) < 4.78 is 1.49. The van der Waals surface area contributed by atoms with E-state index in [0.717, 1.165) is 11.3 Å². The molecule has 4 N–H and O–H groups in total. The Hall–Kier alpha value is -3.44. The molecule has 2 aromatic carbocycles. The summed E-state index contributed by atoms with van der Waals surface area (Å²) in [4.78, 5) is 24.2. The Labute approximate surface area is 175 Å². The molecule has 3 aromatic rings. The van der Waals surface area contributed by atoms with Crippen molar-refractivity contribution in [3.8, 4) is 5.69 Å². The van der Waals surface area contributed by atoms with Crippen LogP contribution in [-0.4, -0.2) is 60.8 Å². The number of nitrogens with two attached hydrogens (primary N) is 1. The predicted octanol–water partition coefficient (Wildman–Crippen LogP) is 0.933. The van der Waals surface area contributed by atoms with Gasteiger partial charge in [-0.05, 0) is 64.9 Å². The van der Waals surface area contributed by atoms with Gasteiger partial charge in [0.1, 0.15) is 6.23 Å². The van der Waals surface area contributed by atoms with Gasteiger partial charge in [0.15, 0.2) is 0 Å². The van der Waals surface area contributed by atoms with Crippen molar-refractivity contribution < 1.29 is 19.8 Å². The molecule has 10 nitrogen and oxygen atoms in total. The van der Waals surface area contributed by atoms with Crippen LogP contribution < -0.4 is 10.6 Å². The molecule has 0 saturated carbocycles. The van der Waals surface area contributed by atoms with Crippen LogP contribution in [0, 0.1) is 0 Å². The Morgan fingerprint density at radius 1 is 1.17 bits per heavy atom. The molecule has 30 heavy (non-hydrogen) atoms. The van der Waals surface area contributed by atoms with E-state index in [1.165, 1.54) is 28.6 Å². The van der Waals surface area contributed by atoms with Gasteiger partial charge >= 0.3 is 5.97 Å². The van der Waals surface area contributed by atoms with Crippen molar-refractivity contribution in [2.45, 2.75) is 17.8 Å². The summed E-state index contributed by atoms with van der Waals surface area (Å²) in [5.41, 5.74) is 8.42. The molecule has 154 valence electrons. The minimum absolute atomic E-state index is 0.170. The number of tetrazole rings is 1. The van der Waals surface area contributed by atoms with Crippen molar-refractivity contribution in [2.24, 2.45) is 5.73 Å². The molecule has 1 atom stereocenters. The molecule has 1 aliphatic rings. The van der Waals surface area contributed by atoms with E-state index in [1.807, 2.05) is 4.90 Å². The highest BCUT2D eigenvalue weighted by Gasteiger charge is 2.26. The molecule has 0 aliphatic carbocycles. The number of aliphatic hydroxyl groups is 1. The molecule has 11 heteroatoms. The highest BCUT2D eigenvalue weighted by molar-refractivity contribution is 7.99. The Bertz CT molecular complexity index is 1100. The highest BCUT2D eigenvalue weighted by Crippen LogP contribution is 2.31. The van der Waals surface area contributed by atoms with Crippen LogP contribution in [0.4, 0.5) is 5.69 Å². The predicted molar refractivity (Wildman–Crippen MR) is 109 cm³/mol. The lowest BCUT2D eigenvalue weighted by Crippen LogP contribution is -2.35. The van der Waals surface area contributed by atoms with Crippen molar-refractivity contribution in [1.29, 1.82) is 0 Å². The zero-order valence-electron chi connectivity index (χ0n) is 15.7. The maximum absolute atomic E-state index is 11.4. The summed E-state index contributed by atoms with van der Waals surface area (Å²) >= 11 is 1.28. The van der Waals surface area contributed by atoms with Crippen molar-refractivity contribution >= 4 is 29.3 Å². The number of hydrogen-bond donors (Lipinski definition) is 3. The molecule has 1 aromatic heterocycles. The van der Waals surface area contributed by atoms with E-state index < -0.39 is 18.1 Å². The fourth-order valence-electron chi connectivity index (χ4n) is 3.31. The minimum atomic E-state index is -1.01. The first-order valence-corrected chi connectivity index (χ1v) is 10.0. The number of carboxylic acids is 1. The number of amides is 1. The lowest BCUT2D eigenvalue weighted by atomic mass is 10.1. The van der Waals surface area contributed by atoms with Crippen molar-refractivity contribution in [3.63, 3.8) is 0 Å². The summed E-state index contributed by atoms with van der Waals surface area (Å²) in [6, 6.07) is 11.4. The smallest absolute Gasteiger partial charge is 0.335 e. The summed E-state index contributed by atoms with van der Waals surface area (Å²) in [7, 11) is 0. The van der Waals surface area contributed by atoms with E-state index in [-0.39, 0.29) is 5.56 Å². The number of carboxylic acid groups (broad SMARTS) is 1. The number of hydrogen-bond acceptors (Lipinski definition) is 8. The first-order valence-electron chi connectivity index (χ1n) is 9.06. The number of aliphatic hydroxyl groups excluding tert-OH is 1. The van der Waals surface area contributed by atoms with Crippen LogP contribution in [-0.2, 0) is 6.42 Å². The lowest BCUT2D eigenvalue weighted by Gasteiger charge is -2.25. The van der Waals surface area contributed by atoms with E-state index >= 15 is 0 Å². The van der Waals surface area contributed by atoms with Crippen LogP contribution in [0.5, 0.6) is 0 Å². The van der Waals surface area contributed by atoms with E-state index in [2.05, 4.69) is 15.5 Å². The van der Waals surface area contributed by atoms with Crippen LogP contribution in [0.15, 0.2) is 47.6 Å². The van der Waals surface area contributed by atoms with Crippen molar-refractivity contribution in [2.75, 3.05) is 17.2 Å². The highest BCUT2D eigenvalue weighted by atomic mass is 32.2. The molecular formula is C19H18N6O4S. The monoisotopic (exact) mass is 426 g/mol. The van der Waals surface area contributed by atoms with Gasteiger partial charge in [0.25, 0.3) is 0 Å². The fraction of sp³-hybridized carbons (Fsp3) is 0.211. The Morgan fingerprint density at radius 2 is 1.90 bits per heavy atom. The fourth-order valence-corrected chi connectivity index (χ4v) is 4.14. The Kier molecular flexibility index (Phi) is 5.38. The molecule has 1 amide bonds. The van der Waals surface area contributed by atoms with Gasteiger partial charge in [-0.2, -0.15) is 4.68 Å². The molecule has 0 spiro atoms. The first kappa shape index (κ1) is 19.9. The number of rotatable bonds is 7. The second-order valence-corrected chi connectivity index (χ2v) is 7.66. The maximum atomic E-state index is 11.4. The van der Waals surface area contributed by atoms with Crippen LogP contribution >= 0.6 is 11.8 Å². The number of thioether (sulfide) groups is 1. The van der Waals surface area contributed by atoms with Gasteiger partial charge in [0.05, 0.1) is 11.3 Å². The number of benzene rings is 2. The third-order valence-electron chi connectivity index (χ3n) is 4.82. The number of carbonyl (C=O) groups is 2. The van der Waals surface area contributed by atoms with Gasteiger partial charge in [-0.15, -0.1) is 5.10 Å². The molecule has 1 aliphatic heterocycles. The molecular weight excluding hydrogens is 408 g/mol.